The lowest BCUT2D eigenvalue weighted by atomic mass is 10.4. The van der Waals surface area contributed by atoms with Gasteiger partial charge in [-0.15, -0.1) is 0 Å². The molecule has 1 heterocycles. The van der Waals surface area contributed by atoms with Gasteiger partial charge in [0.15, 0.2) is 5.69 Å². The minimum atomic E-state index is -1.11. The van der Waals surface area contributed by atoms with Crippen LogP contribution >= 0.6 is 11.6 Å². The Hall–Kier alpha value is -1.62. The van der Waals surface area contributed by atoms with Crippen LogP contribution in [0.5, 0.6) is 0 Å². The first-order valence-electron chi connectivity index (χ1n) is 3.72. The number of nitrogens with zero attached hydrogens (tertiary/aromatic N) is 2. The number of anilines is 1. The Labute approximate surface area is 85.4 Å². The molecule has 0 aliphatic rings. The number of carbonyl (C=O) groups is 1. The van der Waals surface area contributed by atoms with E-state index in [1.807, 2.05) is 0 Å². The predicted octanol–water partition coefficient (Wildman–Crippen LogP) is 1.34. The van der Waals surface area contributed by atoms with Crippen molar-refractivity contribution in [1.82, 2.24) is 9.97 Å². The van der Waals surface area contributed by atoms with Crippen LogP contribution in [0.1, 0.15) is 10.5 Å². The summed E-state index contributed by atoms with van der Waals surface area (Å²) >= 11 is 5.51. The van der Waals surface area contributed by atoms with E-state index in [0.29, 0.717) is 17.4 Å². The van der Waals surface area contributed by atoms with E-state index in [1.54, 1.807) is 0 Å². The molecule has 0 amide bonds. The van der Waals surface area contributed by atoms with Crippen LogP contribution in [0.3, 0.4) is 0 Å². The highest BCUT2D eigenvalue weighted by atomic mass is 35.5. The molecule has 74 valence electrons. The molecule has 1 aromatic heterocycles. The van der Waals surface area contributed by atoms with Gasteiger partial charge in [0.1, 0.15) is 5.82 Å². The standard InChI is InChI=1S/C8H8ClN3O2/c1-5(9)2-11-7-4-10-6(3-12-7)8(13)14/h3-4H,1-2H2,(H,11,12)(H,13,14). The highest BCUT2D eigenvalue weighted by Crippen LogP contribution is 2.03. The summed E-state index contributed by atoms with van der Waals surface area (Å²) in [5, 5.41) is 11.8. The van der Waals surface area contributed by atoms with Gasteiger partial charge in [-0.3, -0.25) is 0 Å². The first-order chi connectivity index (χ1) is 6.59. The van der Waals surface area contributed by atoms with Gasteiger partial charge in [-0.2, -0.15) is 0 Å². The van der Waals surface area contributed by atoms with Crippen LogP contribution in [-0.4, -0.2) is 27.6 Å². The molecule has 2 N–H and O–H groups in total. The van der Waals surface area contributed by atoms with E-state index in [1.165, 1.54) is 12.4 Å². The Kier molecular flexibility index (Phi) is 3.41. The fraction of sp³-hybridized carbons (Fsp3) is 0.125. The molecule has 6 heteroatoms. The molecule has 0 atom stereocenters. The van der Waals surface area contributed by atoms with Crippen molar-refractivity contribution in [2.45, 2.75) is 0 Å². The van der Waals surface area contributed by atoms with E-state index >= 15 is 0 Å². The van der Waals surface area contributed by atoms with E-state index in [-0.39, 0.29) is 5.69 Å². The second kappa shape index (κ2) is 4.57. The molecular weight excluding hydrogens is 206 g/mol. The number of aromatic carboxylic acids is 1. The predicted molar refractivity (Wildman–Crippen MR) is 52.5 cm³/mol. The number of carboxylic acid groups (broad SMARTS) is 1. The number of rotatable bonds is 4. The van der Waals surface area contributed by atoms with Gasteiger partial charge in [-0.1, -0.05) is 18.2 Å². The first-order valence-corrected chi connectivity index (χ1v) is 4.10. The lowest BCUT2D eigenvalue weighted by Gasteiger charge is -2.02. The van der Waals surface area contributed by atoms with Crippen LogP contribution in [0.15, 0.2) is 24.0 Å². The second-order valence-electron chi connectivity index (χ2n) is 2.46. The van der Waals surface area contributed by atoms with Crippen LogP contribution in [0, 0.1) is 0 Å². The topological polar surface area (TPSA) is 75.1 Å². The Morgan fingerprint density at radius 3 is 2.71 bits per heavy atom. The number of carboxylic acids is 1. The summed E-state index contributed by atoms with van der Waals surface area (Å²) in [7, 11) is 0. The minimum Gasteiger partial charge on any atom is -0.476 e. The van der Waals surface area contributed by atoms with Gasteiger partial charge in [0, 0.05) is 5.03 Å². The molecule has 0 aliphatic heterocycles. The van der Waals surface area contributed by atoms with E-state index < -0.39 is 5.97 Å². The summed E-state index contributed by atoms with van der Waals surface area (Å²) < 4.78 is 0. The first kappa shape index (κ1) is 10.5. The van der Waals surface area contributed by atoms with Crippen molar-refractivity contribution in [2.24, 2.45) is 0 Å². The van der Waals surface area contributed by atoms with Crippen LogP contribution in [0.2, 0.25) is 0 Å². The fourth-order valence-corrected chi connectivity index (χ4v) is 0.783. The van der Waals surface area contributed by atoms with Gasteiger partial charge in [0.2, 0.25) is 0 Å². The van der Waals surface area contributed by atoms with Crippen molar-refractivity contribution >= 4 is 23.4 Å². The SMILES string of the molecule is C=C(Cl)CNc1cnc(C(=O)O)cn1. The molecule has 0 fully saturated rings. The summed E-state index contributed by atoms with van der Waals surface area (Å²) in [6, 6.07) is 0. The van der Waals surface area contributed by atoms with Crippen molar-refractivity contribution in [1.29, 1.82) is 0 Å². The molecule has 0 aromatic carbocycles. The lowest BCUT2D eigenvalue weighted by Crippen LogP contribution is -2.06. The maximum atomic E-state index is 10.4. The number of nitrogens with one attached hydrogen (secondary N) is 1. The fourth-order valence-electron chi connectivity index (χ4n) is 0.716. The molecule has 1 aromatic rings. The summed E-state index contributed by atoms with van der Waals surface area (Å²) in [5.41, 5.74) is -0.0970. The molecule has 14 heavy (non-hydrogen) atoms. The zero-order valence-electron chi connectivity index (χ0n) is 7.20. The van der Waals surface area contributed by atoms with E-state index in [0.717, 1.165) is 0 Å². The van der Waals surface area contributed by atoms with Gasteiger partial charge in [-0.25, -0.2) is 14.8 Å². The summed E-state index contributed by atoms with van der Waals surface area (Å²) in [5.74, 6) is -0.650. The molecule has 0 saturated heterocycles. The minimum absolute atomic E-state index is 0.0970. The van der Waals surface area contributed by atoms with Gasteiger partial charge < -0.3 is 10.4 Å². The zero-order valence-corrected chi connectivity index (χ0v) is 7.95. The van der Waals surface area contributed by atoms with Crippen LogP contribution in [-0.2, 0) is 0 Å². The van der Waals surface area contributed by atoms with Crippen molar-refractivity contribution in [3.63, 3.8) is 0 Å². The highest BCUT2D eigenvalue weighted by Gasteiger charge is 2.04. The molecule has 0 unspecified atom stereocenters. The zero-order chi connectivity index (χ0) is 10.6. The van der Waals surface area contributed by atoms with E-state index in [9.17, 15) is 4.79 Å². The van der Waals surface area contributed by atoms with Gasteiger partial charge >= 0.3 is 5.97 Å². The number of aromatic nitrogens is 2. The monoisotopic (exact) mass is 213 g/mol. The normalized spacial score (nSPS) is 9.50. The third kappa shape index (κ3) is 3.02. The maximum absolute atomic E-state index is 10.4. The third-order valence-corrected chi connectivity index (χ3v) is 1.47. The summed E-state index contributed by atoms with van der Waals surface area (Å²) in [6.07, 6.45) is 2.49. The average Bonchev–Trinajstić information content (AvgIpc) is 2.15. The average molecular weight is 214 g/mol. The quantitative estimate of drug-likeness (QED) is 0.790. The Balaban J connectivity index is 2.64. The molecule has 0 radical (unpaired) electrons. The van der Waals surface area contributed by atoms with Crippen LogP contribution in [0.25, 0.3) is 0 Å². The molecule has 0 spiro atoms. The summed E-state index contributed by atoms with van der Waals surface area (Å²) in [4.78, 5) is 17.9. The Morgan fingerprint density at radius 1 is 1.57 bits per heavy atom. The van der Waals surface area contributed by atoms with Crippen molar-refractivity contribution in [3.8, 4) is 0 Å². The molecular formula is C8H8ClN3O2. The van der Waals surface area contributed by atoms with Crippen molar-refractivity contribution < 1.29 is 9.90 Å². The van der Waals surface area contributed by atoms with Gasteiger partial charge in [0.25, 0.3) is 0 Å². The Bertz CT molecular complexity index is 350. The summed E-state index contributed by atoms with van der Waals surface area (Å²) in [6.45, 7) is 3.84. The van der Waals surface area contributed by atoms with E-state index in [4.69, 9.17) is 16.7 Å². The number of hydrogen-bond donors (Lipinski definition) is 2. The highest BCUT2D eigenvalue weighted by molar-refractivity contribution is 6.29. The van der Waals surface area contributed by atoms with Crippen LogP contribution in [0.4, 0.5) is 5.82 Å². The smallest absolute Gasteiger partial charge is 0.356 e. The largest absolute Gasteiger partial charge is 0.476 e. The lowest BCUT2D eigenvalue weighted by molar-refractivity contribution is 0.0690. The Morgan fingerprint density at radius 2 is 2.29 bits per heavy atom. The second-order valence-corrected chi connectivity index (χ2v) is 3.00. The third-order valence-electron chi connectivity index (χ3n) is 1.33. The van der Waals surface area contributed by atoms with Crippen molar-refractivity contribution in [2.75, 3.05) is 11.9 Å². The molecule has 0 aliphatic carbocycles. The van der Waals surface area contributed by atoms with Gasteiger partial charge in [0.05, 0.1) is 18.9 Å². The van der Waals surface area contributed by atoms with E-state index in [2.05, 4.69) is 21.9 Å². The van der Waals surface area contributed by atoms with Crippen molar-refractivity contribution in [3.05, 3.63) is 29.7 Å². The number of hydrogen-bond acceptors (Lipinski definition) is 4. The van der Waals surface area contributed by atoms with Crippen LogP contribution < -0.4 is 5.32 Å². The molecule has 0 saturated carbocycles. The number of halogens is 1. The molecule has 5 nitrogen and oxygen atoms in total. The molecule has 0 bridgehead atoms. The van der Waals surface area contributed by atoms with Gasteiger partial charge in [-0.05, 0) is 0 Å². The molecule has 1 rings (SSSR count). The maximum Gasteiger partial charge on any atom is 0.356 e.